The molecule has 0 saturated carbocycles. The molecular weight excluding hydrogens is 395 g/mol. The Bertz CT molecular complexity index is 1150. The fourth-order valence-electron chi connectivity index (χ4n) is 2.55. The molecule has 2 aromatic heterocycles. The van der Waals surface area contributed by atoms with Gasteiger partial charge in [0.1, 0.15) is 0 Å². The maximum atomic E-state index is 12.6. The third-order valence-electron chi connectivity index (χ3n) is 3.83. The summed E-state index contributed by atoms with van der Waals surface area (Å²) < 4.78 is 18.6. The monoisotopic (exact) mass is 410 g/mol. The fourth-order valence-corrected chi connectivity index (χ4v) is 3.78. The van der Waals surface area contributed by atoms with Crippen molar-refractivity contribution in [1.29, 1.82) is 0 Å². The van der Waals surface area contributed by atoms with Gasteiger partial charge in [0.15, 0.2) is 16.3 Å². The number of aryl methyl sites for hydroxylation is 1. The summed E-state index contributed by atoms with van der Waals surface area (Å²) in [5.41, 5.74) is -0.830. The zero-order valence-corrected chi connectivity index (χ0v) is 16.1. The van der Waals surface area contributed by atoms with Gasteiger partial charge in [-0.3, -0.25) is 13.9 Å². The quantitative estimate of drug-likeness (QED) is 0.493. The molecule has 10 nitrogen and oxygen atoms in total. The molecule has 0 amide bonds. The Morgan fingerprint density at radius 1 is 1.15 bits per heavy atom. The van der Waals surface area contributed by atoms with Crippen molar-refractivity contribution in [2.24, 2.45) is 14.1 Å². The summed E-state index contributed by atoms with van der Waals surface area (Å²) in [5, 5.41) is 0.365. The van der Waals surface area contributed by atoms with Gasteiger partial charge in [-0.1, -0.05) is 30.0 Å². The molecule has 1 aromatic carbocycles. The van der Waals surface area contributed by atoms with Gasteiger partial charge in [-0.05, 0) is 12.1 Å². The number of nitrogens with zero attached hydrogens (tertiary/aromatic N) is 4. The Morgan fingerprint density at radius 2 is 1.81 bits per heavy atom. The predicted octanol–water partition coefficient (Wildman–Crippen LogP) is -0.570. The first-order valence-corrected chi connectivity index (χ1v) is 10.0. The van der Waals surface area contributed by atoms with Crippen molar-refractivity contribution in [1.82, 2.24) is 18.7 Å². The highest BCUT2D eigenvalue weighted by atomic mass is 32.2. The molecule has 0 bridgehead atoms. The van der Waals surface area contributed by atoms with Crippen LogP contribution in [0.25, 0.3) is 11.2 Å². The summed E-state index contributed by atoms with van der Waals surface area (Å²) >= 11 is 1.23. The van der Waals surface area contributed by atoms with Crippen molar-refractivity contribution in [2.45, 2.75) is 16.6 Å². The molecule has 0 atom stereocenters. The third kappa shape index (κ3) is 4.07. The Kier molecular flexibility index (Phi) is 5.41. The summed E-state index contributed by atoms with van der Waals surface area (Å²) in [6.45, 7) is -0.558. The number of benzene rings is 1. The Labute approximate surface area is 157 Å². The first-order chi connectivity index (χ1) is 12.7. The van der Waals surface area contributed by atoms with Crippen molar-refractivity contribution >= 4 is 30.7 Å². The second-order valence-electron chi connectivity index (χ2n) is 5.62. The van der Waals surface area contributed by atoms with Crippen molar-refractivity contribution in [2.75, 3.05) is 6.61 Å². The molecule has 2 heterocycles. The first-order valence-electron chi connectivity index (χ1n) is 7.75. The predicted molar refractivity (Wildman–Crippen MR) is 94.3 cm³/mol. The number of phosphoric ester groups is 1. The van der Waals surface area contributed by atoms with Gasteiger partial charge in [0, 0.05) is 25.5 Å². The molecule has 0 aliphatic heterocycles. The van der Waals surface area contributed by atoms with E-state index in [1.807, 2.05) is 30.3 Å². The number of rotatable bonds is 6. The van der Waals surface area contributed by atoms with Crippen LogP contribution in [0.2, 0.25) is 0 Å². The highest BCUT2D eigenvalue weighted by molar-refractivity contribution is 7.99. The molecule has 0 fully saturated rings. The lowest BCUT2D eigenvalue weighted by Crippen LogP contribution is -2.37. The minimum absolute atomic E-state index is 0.104. The SMILES string of the molecule is Cn1c(=O)c2c(nc(Sc3ccccc3)n2CCOP(=O)([O-])[O-])n(C)c1=O. The van der Waals surface area contributed by atoms with Gasteiger partial charge in [0.05, 0.1) is 14.4 Å². The average molecular weight is 410 g/mol. The van der Waals surface area contributed by atoms with E-state index < -0.39 is 25.7 Å². The maximum Gasteiger partial charge on any atom is 0.332 e. The normalized spacial score (nSPS) is 12.0. The van der Waals surface area contributed by atoms with Crippen molar-refractivity contribution in [3.8, 4) is 0 Å². The number of hydrogen-bond donors (Lipinski definition) is 0. The van der Waals surface area contributed by atoms with Crippen LogP contribution in [0.15, 0.2) is 50.0 Å². The molecule has 0 unspecified atom stereocenters. The van der Waals surface area contributed by atoms with Gasteiger partial charge >= 0.3 is 5.69 Å². The molecule has 12 heteroatoms. The second kappa shape index (κ2) is 7.45. The van der Waals surface area contributed by atoms with Crippen molar-refractivity contribution in [3.63, 3.8) is 0 Å². The molecule has 0 aliphatic carbocycles. The minimum Gasteiger partial charge on any atom is -0.790 e. The van der Waals surface area contributed by atoms with E-state index in [0.717, 1.165) is 9.46 Å². The van der Waals surface area contributed by atoms with Crippen LogP contribution >= 0.6 is 19.6 Å². The molecular formula is C15H15N4O6PS-2. The summed E-state index contributed by atoms with van der Waals surface area (Å²) in [4.78, 5) is 51.4. The molecule has 0 spiro atoms. The molecule has 0 N–H and O–H groups in total. The van der Waals surface area contributed by atoms with E-state index in [1.165, 1.54) is 35.0 Å². The van der Waals surface area contributed by atoms with E-state index in [1.54, 1.807) is 0 Å². The minimum atomic E-state index is -5.14. The summed E-state index contributed by atoms with van der Waals surface area (Å²) in [7, 11) is -2.32. The highest BCUT2D eigenvalue weighted by Gasteiger charge is 2.19. The number of imidazole rings is 1. The van der Waals surface area contributed by atoms with E-state index in [2.05, 4.69) is 9.51 Å². The van der Waals surface area contributed by atoms with Crippen molar-refractivity contribution in [3.05, 3.63) is 51.2 Å². The lowest BCUT2D eigenvalue weighted by atomic mass is 10.4. The van der Waals surface area contributed by atoms with Crippen LogP contribution in [0, 0.1) is 0 Å². The van der Waals surface area contributed by atoms with Gasteiger partial charge in [-0.25, -0.2) is 9.78 Å². The number of fused-ring (bicyclic) bond motifs is 1. The number of hydrogen-bond acceptors (Lipinski definition) is 8. The van der Waals surface area contributed by atoms with Gasteiger partial charge in [0.25, 0.3) is 5.56 Å². The van der Waals surface area contributed by atoms with Crippen LogP contribution in [0.3, 0.4) is 0 Å². The standard InChI is InChI=1S/C15H17N4O6PS/c1-17-12-11(13(20)18(2)15(17)21)19(8-9-25-26(22,23)24)14(16-12)27-10-6-4-3-5-7-10/h3-7H,8-9H2,1-2H3,(H2,22,23,24)/p-2. The summed E-state index contributed by atoms with van der Waals surface area (Å²) in [6, 6.07) is 9.19. The zero-order valence-electron chi connectivity index (χ0n) is 14.4. The summed E-state index contributed by atoms with van der Waals surface area (Å²) in [5.74, 6) is 0. The van der Waals surface area contributed by atoms with Gasteiger partial charge in [0.2, 0.25) is 0 Å². The Hall–Kier alpha value is -2.17. The van der Waals surface area contributed by atoms with E-state index in [-0.39, 0.29) is 17.7 Å². The van der Waals surface area contributed by atoms with Gasteiger partial charge in [-0.2, -0.15) is 0 Å². The number of aromatic nitrogens is 4. The van der Waals surface area contributed by atoms with E-state index >= 15 is 0 Å². The van der Waals surface area contributed by atoms with Gasteiger partial charge in [-0.15, -0.1) is 0 Å². The second-order valence-corrected chi connectivity index (χ2v) is 7.81. The van der Waals surface area contributed by atoms with Crippen LogP contribution in [0.1, 0.15) is 0 Å². The fraction of sp³-hybridized carbons (Fsp3) is 0.267. The molecule has 0 aliphatic rings. The molecule has 3 aromatic rings. The first kappa shape index (κ1) is 19.6. The van der Waals surface area contributed by atoms with E-state index in [4.69, 9.17) is 0 Å². The maximum absolute atomic E-state index is 12.6. The third-order valence-corrected chi connectivity index (χ3v) is 5.33. The number of phosphoric acid groups is 1. The Morgan fingerprint density at radius 3 is 2.44 bits per heavy atom. The largest absolute Gasteiger partial charge is 0.790 e. The molecule has 0 radical (unpaired) electrons. The highest BCUT2D eigenvalue weighted by Crippen LogP contribution is 2.29. The zero-order chi connectivity index (χ0) is 19.8. The molecule has 0 saturated heterocycles. The van der Waals surface area contributed by atoms with Crippen LogP contribution in [0.5, 0.6) is 0 Å². The van der Waals surface area contributed by atoms with Crippen LogP contribution in [0.4, 0.5) is 0 Å². The van der Waals surface area contributed by atoms with Crippen LogP contribution < -0.4 is 21.0 Å². The molecule has 3 rings (SSSR count). The van der Waals surface area contributed by atoms with Crippen LogP contribution in [-0.2, 0) is 29.7 Å². The Balaban J connectivity index is 2.15. The lowest BCUT2D eigenvalue weighted by Gasteiger charge is -2.28. The lowest BCUT2D eigenvalue weighted by molar-refractivity contribution is -0.341. The molecule has 27 heavy (non-hydrogen) atoms. The topological polar surface area (TPSA) is 134 Å². The molecule has 144 valence electrons. The summed E-state index contributed by atoms with van der Waals surface area (Å²) in [6.07, 6.45) is 0. The smallest absolute Gasteiger partial charge is 0.332 e. The van der Waals surface area contributed by atoms with Crippen LogP contribution in [-0.4, -0.2) is 25.3 Å². The average Bonchev–Trinajstić information content (AvgIpc) is 2.96. The van der Waals surface area contributed by atoms with E-state index in [0.29, 0.717) is 5.16 Å². The van der Waals surface area contributed by atoms with Gasteiger partial charge < -0.3 is 23.4 Å². The van der Waals surface area contributed by atoms with E-state index in [9.17, 15) is 23.9 Å². The van der Waals surface area contributed by atoms with Crippen molar-refractivity contribution < 1.29 is 18.9 Å².